The standard InChI is InChI=1S/C12H18N2O2/c1-7-2-3-8(4-7)11-13-12(16-14-11)9-5-10(15)6-9/h7-10,15H,2-6H2,1H3. The van der Waals surface area contributed by atoms with E-state index in [4.69, 9.17) is 4.52 Å². The molecular weight excluding hydrogens is 204 g/mol. The van der Waals surface area contributed by atoms with E-state index in [1.165, 1.54) is 19.3 Å². The molecule has 2 atom stereocenters. The summed E-state index contributed by atoms with van der Waals surface area (Å²) in [6, 6.07) is 0. The topological polar surface area (TPSA) is 59.2 Å². The van der Waals surface area contributed by atoms with Crippen LogP contribution >= 0.6 is 0 Å². The van der Waals surface area contributed by atoms with E-state index in [1.54, 1.807) is 0 Å². The molecule has 1 heterocycles. The number of hydrogen-bond acceptors (Lipinski definition) is 4. The highest BCUT2D eigenvalue weighted by atomic mass is 16.5. The lowest BCUT2D eigenvalue weighted by molar-refractivity contribution is 0.0625. The molecule has 2 aliphatic rings. The zero-order valence-electron chi connectivity index (χ0n) is 9.59. The quantitative estimate of drug-likeness (QED) is 0.833. The van der Waals surface area contributed by atoms with Crippen molar-refractivity contribution in [3.63, 3.8) is 0 Å². The van der Waals surface area contributed by atoms with Crippen molar-refractivity contribution < 1.29 is 9.63 Å². The first kappa shape index (κ1) is 10.3. The molecule has 0 spiro atoms. The van der Waals surface area contributed by atoms with E-state index < -0.39 is 0 Å². The van der Waals surface area contributed by atoms with Gasteiger partial charge >= 0.3 is 0 Å². The predicted octanol–water partition coefficient (Wildman–Crippen LogP) is 2.21. The van der Waals surface area contributed by atoms with Gasteiger partial charge in [0.25, 0.3) is 0 Å². The Balaban J connectivity index is 1.68. The second-order valence-electron chi connectivity index (χ2n) is 5.43. The maximum absolute atomic E-state index is 9.24. The Labute approximate surface area is 95.0 Å². The van der Waals surface area contributed by atoms with Crippen LogP contribution in [0.25, 0.3) is 0 Å². The molecule has 0 bridgehead atoms. The van der Waals surface area contributed by atoms with Crippen LogP contribution in [0.4, 0.5) is 0 Å². The molecule has 4 nitrogen and oxygen atoms in total. The van der Waals surface area contributed by atoms with Gasteiger partial charge in [-0.15, -0.1) is 0 Å². The molecule has 16 heavy (non-hydrogen) atoms. The van der Waals surface area contributed by atoms with Crippen LogP contribution in [-0.2, 0) is 0 Å². The summed E-state index contributed by atoms with van der Waals surface area (Å²) in [5.41, 5.74) is 0. The van der Waals surface area contributed by atoms with Gasteiger partial charge in [0.15, 0.2) is 5.82 Å². The maximum Gasteiger partial charge on any atom is 0.229 e. The van der Waals surface area contributed by atoms with E-state index in [0.717, 1.165) is 30.5 Å². The SMILES string of the molecule is CC1CCC(c2noc(C3CC(O)C3)n2)C1. The third-order valence-corrected chi connectivity index (χ3v) is 3.98. The lowest BCUT2D eigenvalue weighted by atomic mass is 9.82. The Hall–Kier alpha value is -0.900. The van der Waals surface area contributed by atoms with Gasteiger partial charge in [0.05, 0.1) is 6.10 Å². The first-order valence-corrected chi connectivity index (χ1v) is 6.24. The number of rotatable bonds is 2. The van der Waals surface area contributed by atoms with Crippen molar-refractivity contribution in [2.45, 2.75) is 57.0 Å². The summed E-state index contributed by atoms with van der Waals surface area (Å²) in [7, 11) is 0. The molecule has 1 N–H and O–H groups in total. The van der Waals surface area contributed by atoms with Crippen molar-refractivity contribution in [2.24, 2.45) is 5.92 Å². The Morgan fingerprint density at radius 3 is 2.62 bits per heavy atom. The fourth-order valence-corrected chi connectivity index (χ4v) is 2.81. The van der Waals surface area contributed by atoms with E-state index in [9.17, 15) is 5.11 Å². The predicted molar refractivity (Wildman–Crippen MR) is 58.0 cm³/mol. The minimum Gasteiger partial charge on any atom is -0.393 e. The van der Waals surface area contributed by atoms with Crippen LogP contribution in [0.3, 0.4) is 0 Å². The van der Waals surface area contributed by atoms with Crippen molar-refractivity contribution in [2.75, 3.05) is 0 Å². The molecule has 2 saturated carbocycles. The van der Waals surface area contributed by atoms with Gasteiger partial charge in [-0.25, -0.2) is 0 Å². The largest absolute Gasteiger partial charge is 0.393 e. The number of aliphatic hydroxyl groups excluding tert-OH is 1. The van der Waals surface area contributed by atoms with Gasteiger partial charge in [-0.1, -0.05) is 12.1 Å². The fraction of sp³-hybridized carbons (Fsp3) is 0.833. The summed E-state index contributed by atoms with van der Waals surface area (Å²) in [6.07, 6.45) is 5.05. The van der Waals surface area contributed by atoms with E-state index in [0.29, 0.717) is 11.8 Å². The number of hydrogen-bond donors (Lipinski definition) is 1. The average Bonchev–Trinajstić information content (AvgIpc) is 2.81. The van der Waals surface area contributed by atoms with Gasteiger partial charge in [-0.05, 0) is 38.0 Å². The van der Waals surface area contributed by atoms with Crippen molar-refractivity contribution >= 4 is 0 Å². The molecule has 0 aromatic carbocycles. The second-order valence-corrected chi connectivity index (χ2v) is 5.43. The molecular formula is C12H18N2O2. The third-order valence-electron chi connectivity index (χ3n) is 3.98. The zero-order chi connectivity index (χ0) is 11.1. The molecule has 3 rings (SSSR count). The number of nitrogens with zero attached hydrogens (tertiary/aromatic N) is 2. The zero-order valence-corrected chi connectivity index (χ0v) is 9.59. The van der Waals surface area contributed by atoms with Gasteiger partial charge in [-0.3, -0.25) is 0 Å². The molecule has 2 fully saturated rings. The van der Waals surface area contributed by atoms with Gasteiger partial charge in [0.1, 0.15) is 0 Å². The van der Waals surface area contributed by atoms with Crippen LogP contribution in [-0.4, -0.2) is 21.4 Å². The minimum atomic E-state index is -0.160. The first-order valence-electron chi connectivity index (χ1n) is 6.24. The van der Waals surface area contributed by atoms with Crippen molar-refractivity contribution in [1.82, 2.24) is 10.1 Å². The van der Waals surface area contributed by atoms with Crippen LogP contribution in [0.5, 0.6) is 0 Å². The van der Waals surface area contributed by atoms with Crippen LogP contribution in [0.1, 0.15) is 62.6 Å². The second kappa shape index (κ2) is 3.84. The Morgan fingerprint density at radius 2 is 2.00 bits per heavy atom. The normalized spacial score (nSPS) is 38.6. The van der Waals surface area contributed by atoms with E-state index in [2.05, 4.69) is 17.1 Å². The molecule has 1 aromatic heterocycles. The van der Waals surface area contributed by atoms with Gasteiger partial charge in [0.2, 0.25) is 5.89 Å². The molecule has 88 valence electrons. The smallest absolute Gasteiger partial charge is 0.229 e. The van der Waals surface area contributed by atoms with Gasteiger partial charge in [0, 0.05) is 11.8 Å². The summed E-state index contributed by atoms with van der Waals surface area (Å²) in [6.45, 7) is 2.28. The first-order chi connectivity index (χ1) is 7.72. The maximum atomic E-state index is 9.24. The third kappa shape index (κ3) is 1.75. The number of aromatic nitrogens is 2. The summed E-state index contributed by atoms with van der Waals surface area (Å²) >= 11 is 0. The highest BCUT2D eigenvalue weighted by Gasteiger charge is 2.34. The molecule has 0 radical (unpaired) electrons. The molecule has 4 heteroatoms. The van der Waals surface area contributed by atoms with Crippen LogP contribution in [0.15, 0.2) is 4.52 Å². The highest BCUT2D eigenvalue weighted by molar-refractivity contribution is 5.05. The Kier molecular flexibility index (Phi) is 2.46. The average molecular weight is 222 g/mol. The van der Waals surface area contributed by atoms with Gasteiger partial charge < -0.3 is 9.63 Å². The fourth-order valence-electron chi connectivity index (χ4n) is 2.81. The minimum absolute atomic E-state index is 0.160. The number of aliphatic hydroxyl groups is 1. The summed E-state index contributed by atoms with van der Waals surface area (Å²) in [4.78, 5) is 4.49. The summed E-state index contributed by atoms with van der Waals surface area (Å²) < 4.78 is 5.29. The molecule has 0 amide bonds. The molecule has 2 aliphatic carbocycles. The molecule has 0 aliphatic heterocycles. The van der Waals surface area contributed by atoms with E-state index in [1.807, 2.05) is 0 Å². The van der Waals surface area contributed by atoms with Crippen molar-refractivity contribution in [3.8, 4) is 0 Å². The van der Waals surface area contributed by atoms with E-state index >= 15 is 0 Å². The van der Waals surface area contributed by atoms with Crippen molar-refractivity contribution in [3.05, 3.63) is 11.7 Å². The highest BCUT2D eigenvalue weighted by Crippen LogP contribution is 2.39. The summed E-state index contributed by atoms with van der Waals surface area (Å²) in [5.74, 6) is 3.21. The molecule has 1 aromatic rings. The van der Waals surface area contributed by atoms with Crippen LogP contribution < -0.4 is 0 Å². The Bertz CT molecular complexity index is 371. The molecule has 2 unspecified atom stereocenters. The van der Waals surface area contributed by atoms with Gasteiger partial charge in [-0.2, -0.15) is 4.98 Å². The lowest BCUT2D eigenvalue weighted by Crippen LogP contribution is -2.26. The molecule has 0 saturated heterocycles. The summed E-state index contributed by atoms with van der Waals surface area (Å²) in [5, 5.41) is 13.3. The van der Waals surface area contributed by atoms with Crippen LogP contribution in [0.2, 0.25) is 0 Å². The van der Waals surface area contributed by atoms with Crippen molar-refractivity contribution in [1.29, 1.82) is 0 Å². The van der Waals surface area contributed by atoms with E-state index in [-0.39, 0.29) is 6.10 Å². The van der Waals surface area contributed by atoms with Crippen LogP contribution in [0, 0.1) is 5.92 Å². The lowest BCUT2D eigenvalue weighted by Gasteiger charge is -2.27. The Morgan fingerprint density at radius 1 is 1.19 bits per heavy atom. The monoisotopic (exact) mass is 222 g/mol.